The van der Waals surface area contributed by atoms with Crippen molar-refractivity contribution in [2.75, 3.05) is 0 Å². The maximum Gasteiger partial charge on any atom is 0.130 e. The van der Waals surface area contributed by atoms with Crippen molar-refractivity contribution < 1.29 is 4.74 Å². The van der Waals surface area contributed by atoms with Crippen LogP contribution in [0.15, 0.2) is 48.5 Å². The van der Waals surface area contributed by atoms with Crippen molar-refractivity contribution in [3.63, 3.8) is 0 Å². The molecule has 0 spiro atoms. The van der Waals surface area contributed by atoms with Gasteiger partial charge in [-0.2, -0.15) is 0 Å². The Morgan fingerprint density at radius 3 is 1.18 bits per heavy atom. The first kappa shape index (κ1) is 39.4. The van der Waals surface area contributed by atoms with E-state index in [1.807, 2.05) is 0 Å². The summed E-state index contributed by atoms with van der Waals surface area (Å²) in [4.78, 5) is 0. The zero-order valence-corrected chi connectivity index (χ0v) is 30.2. The summed E-state index contributed by atoms with van der Waals surface area (Å²) in [5.74, 6) is 2.00. The second-order valence-corrected chi connectivity index (χ2v) is 14.0. The topological polar surface area (TPSA) is 9.23 Å². The summed E-state index contributed by atoms with van der Waals surface area (Å²) < 4.78 is 6.36. The van der Waals surface area contributed by atoms with Crippen LogP contribution in [0.3, 0.4) is 0 Å². The minimum Gasteiger partial charge on any atom is -0.457 e. The molecule has 0 aliphatic rings. The molecular weight excluding hydrogens is 544 g/mol. The van der Waals surface area contributed by atoms with E-state index >= 15 is 0 Å². The van der Waals surface area contributed by atoms with E-state index in [-0.39, 0.29) is 0 Å². The molecule has 0 unspecified atom stereocenters. The van der Waals surface area contributed by atoms with Crippen LogP contribution in [-0.4, -0.2) is 0 Å². The summed E-state index contributed by atoms with van der Waals surface area (Å²) in [7, 11) is 0. The summed E-state index contributed by atoms with van der Waals surface area (Å²) in [5.41, 5.74) is 2.90. The molecule has 256 valence electrons. The molecule has 0 saturated heterocycles. The average molecular weight is 619 g/mol. The van der Waals surface area contributed by atoms with Crippen LogP contribution in [0, 0.1) is 0 Å². The van der Waals surface area contributed by atoms with E-state index in [2.05, 4.69) is 62.4 Å². The summed E-state index contributed by atoms with van der Waals surface area (Å²) in [6, 6.07) is 17.3. The van der Waals surface area contributed by atoms with Gasteiger partial charge in [0.2, 0.25) is 0 Å². The molecule has 0 atom stereocenters. The first-order valence-corrected chi connectivity index (χ1v) is 20.2. The minimum absolute atomic E-state index is 0.944. The highest BCUT2D eigenvalue weighted by molar-refractivity contribution is 5.40. The lowest BCUT2D eigenvalue weighted by Gasteiger charge is -2.13. The van der Waals surface area contributed by atoms with Crippen molar-refractivity contribution in [1.29, 1.82) is 0 Å². The van der Waals surface area contributed by atoms with Crippen molar-refractivity contribution in [3.8, 4) is 11.5 Å². The molecule has 2 aromatic carbocycles. The molecule has 0 aliphatic carbocycles. The van der Waals surface area contributed by atoms with Gasteiger partial charge in [-0.05, 0) is 55.0 Å². The highest BCUT2D eigenvalue weighted by Gasteiger charge is 2.08. The van der Waals surface area contributed by atoms with Gasteiger partial charge in [-0.15, -0.1) is 0 Å². The van der Waals surface area contributed by atoms with Gasteiger partial charge in [0.05, 0.1) is 0 Å². The Bertz CT molecular complexity index is 887. The predicted molar refractivity (Wildman–Crippen MR) is 201 cm³/mol. The summed E-state index contributed by atoms with van der Waals surface area (Å²) >= 11 is 0. The summed E-state index contributed by atoms with van der Waals surface area (Å²) in [6.45, 7) is 4.61. The van der Waals surface area contributed by atoms with E-state index in [0.29, 0.717) is 0 Å². The molecule has 0 saturated carbocycles. The molecule has 1 nitrogen and oxygen atoms in total. The number of hydrogen-bond acceptors (Lipinski definition) is 1. The van der Waals surface area contributed by atoms with Gasteiger partial charge in [0.15, 0.2) is 0 Å². The van der Waals surface area contributed by atoms with E-state index in [0.717, 1.165) is 17.9 Å². The summed E-state index contributed by atoms with van der Waals surface area (Å²) in [6.07, 6.45) is 42.0. The van der Waals surface area contributed by atoms with Gasteiger partial charge in [-0.1, -0.05) is 211 Å². The minimum atomic E-state index is 0.944. The van der Waals surface area contributed by atoms with Gasteiger partial charge < -0.3 is 4.74 Å². The van der Waals surface area contributed by atoms with Gasteiger partial charge in [0.25, 0.3) is 0 Å². The number of benzene rings is 2. The SMILES string of the molecule is CCCCCCCCCCCCCCCCc1ccc(Oc2ccccc2)c(CCCCCCCCCCCCCCCC)c1. The fraction of sp³-hybridized carbons (Fsp3) is 0.727. The van der Waals surface area contributed by atoms with Crippen molar-refractivity contribution in [3.05, 3.63) is 59.7 Å². The van der Waals surface area contributed by atoms with E-state index < -0.39 is 0 Å². The molecule has 0 bridgehead atoms. The van der Waals surface area contributed by atoms with Crippen LogP contribution >= 0.6 is 0 Å². The third-order valence-electron chi connectivity index (χ3n) is 9.71. The molecule has 0 heterocycles. The van der Waals surface area contributed by atoms with Crippen molar-refractivity contribution in [2.24, 2.45) is 0 Å². The molecule has 0 aliphatic heterocycles. The Balaban J connectivity index is 1.59. The van der Waals surface area contributed by atoms with Crippen LogP contribution in [0.25, 0.3) is 0 Å². The maximum atomic E-state index is 6.36. The summed E-state index contributed by atoms with van der Waals surface area (Å²) in [5, 5.41) is 0. The van der Waals surface area contributed by atoms with Gasteiger partial charge in [-0.3, -0.25) is 0 Å². The van der Waals surface area contributed by atoms with Gasteiger partial charge in [0.1, 0.15) is 11.5 Å². The molecule has 0 fully saturated rings. The zero-order valence-electron chi connectivity index (χ0n) is 30.2. The number of aryl methyl sites for hydroxylation is 2. The number of hydrogen-bond donors (Lipinski definition) is 0. The molecule has 2 rings (SSSR count). The normalized spacial score (nSPS) is 11.3. The second-order valence-electron chi connectivity index (χ2n) is 14.0. The van der Waals surface area contributed by atoms with E-state index in [1.54, 1.807) is 0 Å². The molecule has 0 amide bonds. The Kier molecular flexibility index (Phi) is 26.0. The van der Waals surface area contributed by atoms with Crippen molar-refractivity contribution >= 4 is 0 Å². The number of para-hydroxylation sites is 1. The molecule has 0 aromatic heterocycles. The van der Waals surface area contributed by atoms with Crippen LogP contribution in [0.1, 0.15) is 205 Å². The van der Waals surface area contributed by atoms with Crippen LogP contribution in [0.2, 0.25) is 0 Å². The second kappa shape index (κ2) is 29.6. The third kappa shape index (κ3) is 22.4. The van der Waals surface area contributed by atoms with Crippen LogP contribution < -0.4 is 4.74 Å². The Hall–Kier alpha value is -1.76. The number of rotatable bonds is 32. The van der Waals surface area contributed by atoms with Gasteiger partial charge >= 0.3 is 0 Å². The van der Waals surface area contributed by atoms with E-state index in [9.17, 15) is 0 Å². The van der Waals surface area contributed by atoms with Crippen LogP contribution in [-0.2, 0) is 12.8 Å². The largest absolute Gasteiger partial charge is 0.457 e. The predicted octanol–water partition coefficient (Wildman–Crippen LogP) is 15.5. The highest BCUT2D eigenvalue weighted by Crippen LogP contribution is 2.29. The number of unbranched alkanes of at least 4 members (excludes halogenated alkanes) is 26. The van der Waals surface area contributed by atoms with E-state index in [1.165, 1.54) is 197 Å². The van der Waals surface area contributed by atoms with Crippen LogP contribution in [0.5, 0.6) is 11.5 Å². The molecule has 1 heteroatoms. The molecule has 0 N–H and O–H groups in total. The maximum absolute atomic E-state index is 6.36. The van der Waals surface area contributed by atoms with Crippen LogP contribution in [0.4, 0.5) is 0 Å². The van der Waals surface area contributed by atoms with Gasteiger partial charge in [-0.25, -0.2) is 0 Å². The zero-order chi connectivity index (χ0) is 31.9. The quantitative estimate of drug-likeness (QED) is 0.0741. The molecular formula is C44H74O. The Morgan fingerprint density at radius 2 is 0.756 bits per heavy atom. The molecule has 45 heavy (non-hydrogen) atoms. The fourth-order valence-electron chi connectivity index (χ4n) is 6.73. The van der Waals surface area contributed by atoms with Crippen molar-refractivity contribution in [1.82, 2.24) is 0 Å². The molecule has 2 aromatic rings. The Morgan fingerprint density at radius 1 is 0.378 bits per heavy atom. The van der Waals surface area contributed by atoms with Crippen molar-refractivity contribution in [2.45, 2.75) is 206 Å². The first-order chi connectivity index (χ1) is 22.3. The monoisotopic (exact) mass is 619 g/mol. The fourth-order valence-corrected chi connectivity index (χ4v) is 6.73. The first-order valence-electron chi connectivity index (χ1n) is 20.2. The molecule has 0 radical (unpaired) electrons. The smallest absolute Gasteiger partial charge is 0.130 e. The van der Waals surface area contributed by atoms with E-state index in [4.69, 9.17) is 4.74 Å². The average Bonchev–Trinajstić information content (AvgIpc) is 3.06. The van der Waals surface area contributed by atoms with Gasteiger partial charge in [0, 0.05) is 0 Å². The number of ether oxygens (including phenoxy) is 1. The lowest BCUT2D eigenvalue weighted by atomic mass is 9.98. The standard InChI is InChI=1S/C44H74O/c1-3-5-7-9-11-13-15-17-19-21-23-25-27-30-34-41-38-39-44(45-43-36-32-29-33-37-43)42(40-41)35-31-28-26-24-22-20-18-16-14-12-10-8-6-4-2/h29,32-33,36-40H,3-28,30-31,34-35H2,1-2H3. The lowest BCUT2D eigenvalue weighted by molar-refractivity contribution is 0.473. The Labute approximate surface area is 281 Å². The highest BCUT2D eigenvalue weighted by atomic mass is 16.5. The third-order valence-corrected chi connectivity index (χ3v) is 9.71. The lowest BCUT2D eigenvalue weighted by Crippen LogP contribution is -1.96.